The van der Waals surface area contributed by atoms with E-state index in [0.717, 1.165) is 0 Å². The van der Waals surface area contributed by atoms with Gasteiger partial charge < -0.3 is 15.7 Å². The Morgan fingerprint density at radius 2 is 1.52 bits per heavy atom. The Balaban J connectivity index is 1.94. The summed E-state index contributed by atoms with van der Waals surface area (Å²) >= 11 is 0. The second kappa shape index (κ2) is 8.23. The summed E-state index contributed by atoms with van der Waals surface area (Å²) in [6, 6.07) is 15.0. The number of nitrogens with zero attached hydrogens (tertiary/aromatic N) is 3. The van der Waals surface area contributed by atoms with Gasteiger partial charge in [0.05, 0.1) is 11.3 Å². The van der Waals surface area contributed by atoms with Gasteiger partial charge in [-0.2, -0.15) is 0 Å². The first-order chi connectivity index (χ1) is 14.9. The molecule has 3 aromatic rings. The van der Waals surface area contributed by atoms with E-state index in [1.54, 1.807) is 41.3 Å². The maximum absolute atomic E-state index is 13.5. The van der Waals surface area contributed by atoms with Gasteiger partial charge in [0.2, 0.25) is 0 Å². The monoisotopic (exact) mass is 420 g/mol. The number of hydrogen-bond acceptors (Lipinski definition) is 4. The largest absolute Gasteiger partial charge is 0.478 e. The molecule has 2 heterocycles. The Labute approximate surface area is 179 Å². The first kappa shape index (κ1) is 20.6. The van der Waals surface area contributed by atoms with Crippen LogP contribution in [0.15, 0.2) is 59.4 Å². The minimum atomic E-state index is -1.08. The number of nitrogens with two attached hydrogens (primary N) is 1. The van der Waals surface area contributed by atoms with Gasteiger partial charge in [-0.15, -0.1) is 0 Å². The van der Waals surface area contributed by atoms with Crippen LogP contribution in [-0.2, 0) is 0 Å². The summed E-state index contributed by atoms with van der Waals surface area (Å²) < 4.78 is 1.51. The molecule has 0 radical (unpaired) electrons. The SMILES string of the molecule is CC(c1c(C(=O)O)c2ccccc2c(=O)n1-c1ccccc1)N1CCN(C(N)=O)CC1. The lowest BCUT2D eigenvalue weighted by Gasteiger charge is -2.38. The first-order valence-electron chi connectivity index (χ1n) is 10.1. The summed E-state index contributed by atoms with van der Waals surface area (Å²) in [5, 5.41) is 11.0. The second-order valence-corrected chi connectivity index (χ2v) is 7.62. The zero-order chi connectivity index (χ0) is 22.1. The number of rotatable bonds is 4. The summed E-state index contributed by atoms with van der Waals surface area (Å²) in [5.74, 6) is -1.08. The Morgan fingerprint density at radius 3 is 2.10 bits per heavy atom. The van der Waals surface area contributed by atoms with Crippen molar-refractivity contribution in [3.63, 3.8) is 0 Å². The van der Waals surface area contributed by atoms with Crippen molar-refractivity contribution in [2.45, 2.75) is 13.0 Å². The van der Waals surface area contributed by atoms with E-state index in [1.807, 2.05) is 25.1 Å². The number of carboxylic acid groups (broad SMARTS) is 1. The van der Waals surface area contributed by atoms with Crippen LogP contribution >= 0.6 is 0 Å². The molecule has 8 heteroatoms. The molecule has 0 saturated carbocycles. The smallest absolute Gasteiger partial charge is 0.338 e. The van der Waals surface area contributed by atoms with Crippen molar-refractivity contribution >= 4 is 22.8 Å². The maximum Gasteiger partial charge on any atom is 0.338 e. The highest BCUT2D eigenvalue weighted by Gasteiger charge is 2.31. The van der Waals surface area contributed by atoms with Crippen LogP contribution in [0.4, 0.5) is 4.79 Å². The molecule has 1 atom stereocenters. The zero-order valence-corrected chi connectivity index (χ0v) is 17.2. The van der Waals surface area contributed by atoms with E-state index < -0.39 is 12.0 Å². The molecule has 1 aliphatic heterocycles. The number of primary amides is 1. The van der Waals surface area contributed by atoms with Gasteiger partial charge >= 0.3 is 12.0 Å². The van der Waals surface area contributed by atoms with Gasteiger partial charge in [-0.05, 0) is 25.1 Å². The predicted octanol–water partition coefficient (Wildman–Crippen LogP) is 2.45. The van der Waals surface area contributed by atoms with Crippen molar-refractivity contribution in [2.75, 3.05) is 26.2 Å². The van der Waals surface area contributed by atoms with Crippen LogP contribution < -0.4 is 11.3 Å². The summed E-state index contributed by atoms with van der Waals surface area (Å²) in [5.41, 5.74) is 6.28. The Hall–Kier alpha value is -3.65. The molecule has 160 valence electrons. The van der Waals surface area contributed by atoms with Crippen molar-refractivity contribution in [1.29, 1.82) is 0 Å². The van der Waals surface area contributed by atoms with E-state index in [-0.39, 0.29) is 17.2 Å². The number of urea groups is 1. The molecule has 2 aromatic carbocycles. The number of hydrogen-bond donors (Lipinski definition) is 2. The second-order valence-electron chi connectivity index (χ2n) is 7.62. The first-order valence-corrected chi connectivity index (χ1v) is 10.1. The van der Waals surface area contributed by atoms with Crippen LogP contribution in [0.3, 0.4) is 0 Å². The topological polar surface area (TPSA) is 109 Å². The zero-order valence-electron chi connectivity index (χ0n) is 17.2. The van der Waals surface area contributed by atoms with Gasteiger partial charge in [0.25, 0.3) is 5.56 Å². The van der Waals surface area contributed by atoms with Crippen LogP contribution in [0.2, 0.25) is 0 Å². The number of fused-ring (bicyclic) bond motifs is 1. The summed E-state index contributed by atoms with van der Waals surface area (Å²) in [4.78, 5) is 41.1. The van der Waals surface area contributed by atoms with Crippen molar-refractivity contribution in [2.24, 2.45) is 5.73 Å². The number of piperazine rings is 1. The van der Waals surface area contributed by atoms with Crippen LogP contribution in [-0.4, -0.2) is 57.7 Å². The van der Waals surface area contributed by atoms with E-state index in [0.29, 0.717) is 48.3 Å². The van der Waals surface area contributed by atoms with Crippen LogP contribution in [0.5, 0.6) is 0 Å². The average molecular weight is 420 g/mol. The minimum absolute atomic E-state index is 0.115. The number of para-hydroxylation sites is 1. The molecule has 2 amide bonds. The molecular weight excluding hydrogens is 396 g/mol. The molecule has 1 unspecified atom stereocenters. The molecule has 1 saturated heterocycles. The van der Waals surface area contributed by atoms with Gasteiger partial charge in [-0.3, -0.25) is 14.3 Å². The lowest BCUT2D eigenvalue weighted by atomic mass is 9.98. The van der Waals surface area contributed by atoms with E-state index in [2.05, 4.69) is 4.90 Å². The Kier molecular flexibility index (Phi) is 5.48. The van der Waals surface area contributed by atoms with E-state index >= 15 is 0 Å². The number of carboxylic acids is 1. The summed E-state index contributed by atoms with van der Waals surface area (Å²) in [7, 11) is 0. The highest BCUT2D eigenvalue weighted by molar-refractivity contribution is 6.04. The number of pyridine rings is 1. The van der Waals surface area contributed by atoms with Gasteiger partial charge in [-0.1, -0.05) is 36.4 Å². The van der Waals surface area contributed by atoms with Crippen LogP contribution in [0.25, 0.3) is 16.5 Å². The highest BCUT2D eigenvalue weighted by Crippen LogP contribution is 2.30. The van der Waals surface area contributed by atoms with E-state index in [4.69, 9.17) is 5.73 Å². The Morgan fingerprint density at radius 1 is 0.935 bits per heavy atom. The van der Waals surface area contributed by atoms with Gasteiger partial charge in [0.15, 0.2) is 0 Å². The molecule has 0 aliphatic carbocycles. The highest BCUT2D eigenvalue weighted by atomic mass is 16.4. The summed E-state index contributed by atoms with van der Waals surface area (Å²) in [6.07, 6.45) is 0. The average Bonchev–Trinajstić information content (AvgIpc) is 2.79. The van der Waals surface area contributed by atoms with Crippen molar-refractivity contribution in [3.05, 3.63) is 76.2 Å². The third-order valence-electron chi connectivity index (χ3n) is 5.92. The molecule has 1 aliphatic rings. The fourth-order valence-electron chi connectivity index (χ4n) is 4.32. The fraction of sp³-hybridized carbons (Fsp3) is 0.261. The number of aromatic carboxylic acids is 1. The molecule has 0 spiro atoms. The van der Waals surface area contributed by atoms with Gasteiger partial charge in [0, 0.05) is 48.7 Å². The third kappa shape index (κ3) is 3.66. The normalized spacial score (nSPS) is 15.7. The number of benzene rings is 2. The number of carbonyl (C=O) groups excluding carboxylic acids is 1. The minimum Gasteiger partial charge on any atom is -0.478 e. The lowest BCUT2D eigenvalue weighted by Crippen LogP contribution is -2.51. The van der Waals surface area contributed by atoms with Crippen LogP contribution in [0.1, 0.15) is 29.0 Å². The molecule has 3 N–H and O–H groups in total. The van der Waals surface area contributed by atoms with Crippen molar-refractivity contribution < 1.29 is 14.7 Å². The molecule has 1 fully saturated rings. The van der Waals surface area contributed by atoms with E-state index in [1.165, 1.54) is 4.57 Å². The fourth-order valence-corrected chi connectivity index (χ4v) is 4.32. The van der Waals surface area contributed by atoms with Crippen LogP contribution in [0, 0.1) is 0 Å². The number of aromatic nitrogens is 1. The quantitative estimate of drug-likeness (QED) is 0.674. The van der Waals surface area contributed by atoms with Crippen molar-refractivity contribution in [1.82, 2.24) is 14.4 Å². The molecule has 1 aromatic heterocycles. The maximum atomic E-state index is 13.5. The summed E-state index contributed by atoms with van der Waals surface area (Å²) in [6.45, 7) is 3.85. The third-order valence-corrected chi connectivity index (χ3v) is 5.92. The van der Waals surface area contributed by atoms with Gasteiger partial charge in [0.1, 0.15) is 0 Å². The number of amides is 2. The molecule has 31 heavy (non-hydrogen) atoms. The van der Waals surface area contributed by atoms with Crippen molar-refractivity contribution in [3.8, 4) is 5.69 Å². The van der Waals surface area contributed by atoms with Gasteiger partial charge in [-0.25, -0.2) is 9.59 Å². The lowest BCUT2D eigenvalue weighted by molar-refractivity contribution is 0.0690. The standard InChI is InChI=1S/C23H24N4O4/c1-15(25-11-13-26(14-12-25)23(24)31)20-19(22(29)30)17-9-5-6-10-18(17)21(28)27(20)16-7-3-2-4-8-16/h2-10,15H,11-14H2,1H3,(H2,24,31)(H,29,30). The molecule has 8 nitrogen and oxygen atoms in total. The molecule has 0 bridgehead atoms. The Bertz CT molecular complexity index is 1200. The van der Waals surface area contributed by atoms with E-state index in [9.17, 15) is 19.5 Å². The number of carbonyl (C=O) groups is 2. The molecule has 4 rings (SSSR count). The molecular formula is C23H24N4O4. The predicted molar refractivity (Wildman–Crippen MR) is 118 cm³/mol.